The number of nitrogens with one attached hydrogen (secondary N) is 2. The van der Waals surface area contributed by atoms with Crippen LogP contribution in [0.2, 0.25) is 0 Å². The number of hydrogen-bond acceptors (Lipinski definition) is 5. The summed E-state index contributed by atoms with van der Waals surface area (Å²) in [5, 5.41) is 6.82. The van der Waals surface area contributed by atoms with Gasteiger partial charge in [-0.1, -0.05) is 0 Å². The molecule has 0 saturated carbocycles. The molecule has 0 saturated heterocycles. The minimum atomic E-state index is -0.429. The largest absolute Gasteiger partial charge is 0.310 e. The van der Waals surface area contributed by atoms with Crippen molar-refractivity contribution in [3.05, 3.63) is 39.7 Å². The molecule has 0 unspecified atom stereocenters. The molecule has 0 fully saturated rings. The van der Waals surface area contributed by atoms with Crippen LogP contribution in [-0.2, 0) is 12.8 Å². The topological polar surface area (TPSA) is 92.7 Å². The van der Waals surface area contributed by atoms with E-state index in [1.54, 1.807) is 17.8 Å². The van der Waals surface area contributed by atoms with Crippen LogP contribution in [0.1, 0.15) is 22.0 Å². The van der Waals surface area contributed by atoms with Gasteiger partial charge in [-0.05, 0) is 13.2 Å². The van der Waals surface area contributed by atoms with Crippen molar-refractivity contribution in [1.29, 1.82) is 0 Å². The van der Waals surface area contributed by atoms with Gasteiger partial charge in [0.25, 0.3) is 11.5 Å². The third kappa shape index (κ3) is 3.27. The number of carbonyl (C=O) groups excluding carboxylic acids is 1. The Balaban J connectivity index is 2.25. The molecule has 2 aromatic rings. The zero-order chi connectivity index (χ0) is 14.7. The third-order valence-corrected chi connectivity index (χ3v) is 3.11. The number of nitrogens with zero attached hydrogens (tertiary/aromatic N) is 3. The van der Waals surface area contributed by atoms with Crippen LogP contribution in [0.5, 0.6) is 0 Å². The fraction of sp³-hybridized carbons (Fsp3) is 0.333. The number of aryl methyl sites for hydroxylation is 2. The van der Waals surface area contributed by atoms with Crippen molar-refractivity contribution >= 4 is 23.5 Å². The van der Waals surface area contributed by atoms with Crippen LogP contribution in [0.4, 0.5) is 5.82 Å². The van der Waals surface area contributed by atoms with Gasteiger partial charge in [0.15, 0.2) is 0 Å². The van der Waals surface area contributed by atoms with Crippen molar-refractivity contribution in [3.63, 3.8) is 0 Å². The molecule has 0 aliphatic carbocycles. The molecule has 8 heteroatoms. The van der Waals surface area contributed by atoms with Crippen LogP contribution in [0.3, 0.4) is 0 Å². The maximum atomic E-state index is 12.1. The van der Waals surface area contributed by atoms with Crippen molar-refractivity contribution in [2.75, 3.05) is 11.6 Å². The van der Waals surface area contributed by atoms with Crippen molar-refractivity contribution < 1.29 is 4.79 Å². The number of aromatic nitrogens is 4. The van der Waals surface area contributed by atoms with Crippen LogP contribution < -0.4 is 10.9 Å². The van der Waals surface area contributed by atoms with Gasteiger partial charge in [-0.25, -0.2) is 4.98 Å². The van der Waals surface area contributed by atoms with Gasteiger partial charge in [0.05, 0.1) is 11.4 Å². The minimum Gasteiger partial charge on any atom is -0.310 e. The van der Waals surface area contributed by atoms with Crippen molar-refractivity contribution in [3.8, 4) is 0 Å². The molecular weight excluding hydrogens is 278 g/mol. The van der Waals surface area contributed by atoms with Gasteiger partial charge < -0.3 is 10.3 Å². The van der Waals surface area contributed by atoms with E-state index < -0.39 is 5.91 Å². The second-order valence-electron chi connectivity index (χ2n) is 4.26. The zero-order valence-corrected chi connectivity index (χ0v) is 12.2. The van der Waals surface area contributed by atoms with Crippen LogP contribution in [0, 0.1) is 6.92 Å². The Bertz CT molecular complexity index is 691. The van der Waals surface area contributed by atoms with E-state index in [0.717, 1.165) is 5.69 Å². The smallest absolute Gasteiger partial charge is 0.275 e. The highest BCUT2D eigenvalue weighted by Gasteiger charge is 2.12. The van der Waals surface area contributed by atoms with E-state index in [4.69, 9.17) is 0 Å². The number of anilines is 1. The van der Waals surface area contributed by atoms with E-state index in [1.165, 1.54) is 17.8 Å². The zero-order valence-electron chi connectivity index (χ0n) is 11.4. The van der Waals surface area contributed by atoms with Gasteiger partial charge in [-0.3, -0.25) is 14.3 Å². The Labute approximate surface area is 119 Å². The Kier molecular flexibility index (Phi) is 4.23. The molecule has 2 aromatic heterocycles. The first-order valence-electron chi connectivity index (χ1n) is 5.91. The minimum absolute atomic E-state index is 0.0941. The molecule has 0 aromatic carbocycles. The Morgan fingerprint density at radius 1 is 1.50 bits per heavy atom. The Hall–Kier alpha value is -2.09. The summed E-state index contributed by atoms with van der Waals surface area (Å²) in [7, 11) is 1.73. The van der Waals surface area contributed by atoms with Gasteiger partial charge in [0.2, 0.25) is 0 Å². The monoisotopic (exact) mass is 293 g/mol. The second kappa shape index (κ2) is 5.91. The number of amides is 1. The van der Waals surface area contributed by atoms with Crippen LogP contribution in [0.25, 0.3) is 0 Å². The predicted octanol–water partition coefficient (Wildman–Crippen LogP) is 0.927. The number of thioether (sulfide) groups is 1. The SMILES string of the molecule is CSCc1nc(C(=O)Nc2cc(C)nn2C)cc(=O)[nH]1. The molecule has 0 atom stereocenters. The summed E-state index contributed by atoms with van der Waals surface area (Å²) in [6.45, 7) is 1.83. The molecule has 0 aliphatic heterocycles. The lowest BCUT2D eigenvalue weighted by Crippen LogP contribution is -2.21. The average molecular weight is 293 g/mol. The molecule has 106 valence electrons. The van der Waals surface area contributed by atoms with Crippen molar-refractivity contribution in [1.82, 2.24) is 19.7 Å². The number of hydrogen-bond donors (Lipinski definition) is 2. The quantitative estimate of drug-likeness (QED) is 0.874. The maximum Gasteiger partial charge on any atom is 0.275 e. The average Bonchev–Trinajstić information content (AvgIpc) is 2.67. The molecule has 0 bridgehead atoms. The highest BCUT2D eigenvalue weighted by atomic mass is 32.2. The summed E-state index contributed by atoms with van der Waals surface area (Å²) in [5.41, 5.74) is 0.553. The van der Waals surface area contributed by atoms with Gasteiger partial charge >= 0.3 is 0 Å². The maximum absolute atomic E-state index is 12.1. The van der Waals surface area contributed by atoms with E-state index in [0.29, 0.717) is 17.4 Å². The first-order chi connectivity index (χ1) is 9.49. The summed E-state index contributed by atoms with van der Waals surface area (Å²) in [6.07, 6.45) is 1.89. The lowest BCUT2D eigenvalue weighted by Gasteiger charge is -2.05. The lowest BCUT2D eigenvalue weighted by atomic mass is 10.3. The van der Waals surface area contributed by atoms with Crippen molar-refractivity contribution in [2.45, 2.75) is 12.7 Å². The highest BCUT2D eigenvalue weighted by Crippen LogP contribution is 2.09. The summed E-state index contributed by atoms with van der Waals surface area (Å²) >= 11 is 1.52. The van der Waals surface area contributed by atoms with Gasteiger partial charge in [-0.15, -0.1) is 0 Å². The molecule has 7 nitrogen and oxygen atoms in total. The summed E-state index contributed by atoms with van der Waals surface area (Å²) in [5.74, 6) is 1.15. The first kappa shape index (κ1) is 14.3. The fourth-order valence-corrected chi connectivity index (χ4v) is 2.15. The van der Waals surface area contributed by atoms with Crippen LogP contribution in [-0.4, -0.2) is 31.9 Å². The van der Waals surface area contributed by atoms with Gasteiger partial charge in [0, 0.05) is 19.2 Å². The van der Waals surface area contributed by atoms with Crippen LogP contribution in [0.15, 0.2) is 16.9 Å². The summed E-state index contributed by atoms with van der Waals surface area (Å²) in [6, 6.07) is 2.93. The molecule has 0 aliphatic rings. The predicted molar refractivity (Wildman–Crippen MR) is 78.0 cm³/mol. The summed E-state index contributed by atoms with van der Waals surface area (Å²) < 4.78 is 1.56. The lowest BCUT2D eigenvalue weighted by molar-refractivity contribution is 0.102. The molecule has 2 N–H and O–H groups in total. The standard InChI is InChI=1S/C12H15N5O2S/c1-7-4-10(17(2)16-7)15-12(19)8-5-11(18)14-9(13-8)6-20-3/h4-5H,6H2,1-3H3,(H,15,19)(H,13,14,18). The highest BCUT2D eigenvalue weighted by molar-refractivity contribution is 7.97. The van der Waals surface area contributed by atoms with E-state index in [-0.39, 0.29) is 11.3 Å². The molecule has 1 amide bonds. The third-order valence-electron chi connectivity index (χ3n) is 2.55. The Morgan fingerprint density at radius 3 is 2.85 bits per heavy atom. The molecular formula is C12H15N5O2S. The molecule has 0 radical (unpaired) electrons. The second-order valence-corrected chi connectivity index (χ2v) is 5.13. The number of rotatable bonds is 4. The Morgan fingerprint density at radius 2 is 2.25 bits per heavy atom. The normalized spacial score (nSPS) is 10.6. The van der Waals surface area contributed by atoms with E-state index in [9.17, 15) is 9.59 Å². The van der Waals surface area contributed by atoms with Crippen molar-refractivity contribution in [2.24, 2.45) is 7.05 Å². The fourth-order valence-electron chi connectivity index (χ4n) is 1.74. The summed E-state index contributed by atoms with van der Waals surface area (Å²) in [4.78, 5) is 30.4. The van der Waals surface area contributed by atoms with Crippen LogP contribution >= 0.6 is 11.8 Å². The van der Waals surface area contributed by atoms with E-state index in [2.05, 4.69) is 20.4 Å². The molecule has 2 heterocycles. The number of H-pyrrole nitrogens is 1. The number of carbonyl (C=O) groups is 1. The van der Waals surface area contributed by atoms with Gasteiger partial charge in [0.1, 0.15) is 17.3 Å². The molecule has 20 heavy (non-hydrogen) atoms. The molecule has 2 rings (SSSR count). The van der Waals surface area contributed by atoms with Gasteiger partial charge in [-0.2, -0.15) is 16.9 Å². The van der Waals surface area contributed by atoms with E-state index in [1.807, 2.05) is 13.2 Å². The van der Waals surface area contributed by atoms with E-state index >= 15 is 0 Å². The number of aromatic amines is 1. The molecule has 0 spiro atoms. The first-order valence-corrected chi connectivity index (χ1v) is 7.30.